The first-order valence-corrected chi connectivity index (χ1v) is 7.04. The molecule has 0 saturated heterocycles. The molecule has 1 amide bonds. The molecule has 4 nitrogen and oxygen atoms in total. The lowest BCUT2D eigenvalue weighted by atomic mass is 10.1. The van der Waals surface area contributed by atoms with E-state index in [1.807, 2.05) is 30.3 Å². The number of amides is 1. The highest BCUT2D eigenvalue weighted by Crippen LogP contribution is 2.38. The summed E-state index contributed by atoms with van der Waals surface area (Å²) in [5, 5.41) is 11.9. The Kier molecular flexibility index (Phi) is 3.69. The highest BCUT2D eigenvalue weighted by molar-refractivity contribution is 6.30. The van der Waals surface area contributed by atoms with Crippen molar-refractivity contribution in [3.63, 3.8) is 0 Å². The van der Waals surface area contributed by atoms with Crippen molar-refractivity contribution in [2.24, 2.45) is 0 Å². The fraction of sp³-hybridized carbons (Fsp3) is 0.0588. The summed E-state index contributed by atoms with van der Waals surface area (Å²) in [6, 6.07) is 11.5. The third kappa shape index (κ3) is 2.87. The molecule has 0 unspecified atom stereocenters. The van der Waals surface area contributed by atoms with Gasteiger partial charge in [-0.25, -0.2) is 4.79 Å². The number of hydrogen-bond acceptors (Lipinski definition) is 2. The number of halogens is 1. The Bertz CT molecular complexity index is 812. The Hall–Kier alpha value is -2.59. The number of fused-ring (bicyclic) bond motifs is 3. The Morgan fingerprint density at radius 3 is 2.45 bits per heavy atom. The average Bonchev–Trinajstić information content (AvgIpc) is 2.81. The highest BCUT2D eigenvalue weighted by atomic mass is 35.5. The molecule has 3 rings (SSSR count). The largest absolute Gasteiger partial charge is 0.478 e. The number of carboxylic acid groups (broad SMARTS) is 1. The number of aliphatic carboxylic acids is 1. The van der Waals surface area contributed by atoms with E-state index in [0.29, 0.717) is 10.7 Å². The molecule has 0 saturated carbocycles. The number of carboxylic acids is 1. The minimum Gasteiger partial charge on any atom is -0.478 e. The van der Waals surface area contributed by atoms with Crippen LogP contribution in [0.4, 0.5) is 5.69 Å². The molecule has 1 aliphatic rings. The molecule has 2 N–H and O–H groups in total. The zero-order valence-electron chi connectivity index (χ0n) is 11.5. The van der Waals surface area contributed by atoms with Crippen LogP contribution in [-0.2, 0) is 16.0 Å². The van der Waals surface area contributed by atoms with Crippen LogP contribution in [0.2, 0.25) is 5.02 Å². The molecule has 2 aromatic carbocycles. The predicted molar refractivity (Wildman–Crippen MR) is 85.1 cm³/mol. The van der Waals surface area contributed by atoms with Gasteiger partial charge in [-0.15, -0.1) is 0 Å². The first kappa shape index (κ1) is 14.4. The first-order chi connectivity index (χ1) is 10.5. The molecular formula is C17H12ClNO3. The van der Waals surface area contributed by atoms with Crippen molar-refractivity contribution in [2.45, 2.75) is 6.42 Å². The molecular weight excluding hydrogens is 302 g/mol. The Balaban J connectivity index is 1.82. The van der Waals surface area contributed by atoms with E-state index >= 15 is 0 Å². The maximum absolute atomic E-state index is 11.6. The Labute approximate surface area is 132 Å². The van der Waals surface area contributed by atoms with Crippen molar-refractivity contribution < 1.29 is 14.7 Å². The van der Waals surface area contributed by atoms with Gasteiger partial charge in [-0.1, -0.05) is 23.7 Å². The van der Waals surface area contributed by atoms with Crippen LogP contribution in [0.3, 0.4) is 0 Å². The van der Waals surface area contributed by atoms with Crippen LogP contribution < -0.4 is 5.32 Å². The van der Waals surface area contributed by atoms with Gasteiger partial charge in [-0.2, -0.15) is 0 Å². The normalized spacial score (nSPS) is 12.0. The van der Waals surface area contributed by atoms with E-state index < -0.39 is 11.9 Å². The van der Waals surface area contributed by atoms with Gasteiger partial charge in [0.25, 0.3) is 0 Å². The fourth-order valence-electron chi connectivity index (χ4n) is 2.59. The van der Waals surface area contributed by atoms with Crippen LogP contribution in [0.25, 0.3) is 11.1 Å². The molecule has 0 atom stereocenters. The molecule has 110 valence electrons. The van der Waals surface area contributed by atoms with Crippen LogP contribution in [0.5, 0.6) is 0 Å². The number of benzene rings is 2. The number of carbonyl (C=O) groups excluding carboxylic acids is 1. The third-order valence-corrected chi connectivity index (χ3v) is 3.72. The SMILES string of the molecule is O=C(O)/C=C\C(=O)Nc1ccc2c(c1)Cc1cc(Cl)ccc1-2. The number of carbonyl (C=O) groups is 2. The number of nitrogens with one attached hydrogen (secondary N) is 1. The van der Waals surface area contributed by atoms with E-state index in [1.54, 1.807) is 6.07 Å². The van der Waals surface area contributed by atoms with Crippen LogP contribution >= 0.6 is 11.6 Å². The van der Waals surface area contributed by atoms with Gasteiger partial charge in [0.1, 0.15) is 0 Å². The van der Waals surface area contributed by atoms with E-state index in [4.69, 9.17) is 16.7 Å². The first-order valence-electron chi connectivity index (χ1n) is 6.66. The summed E-state index contributed by atoms with van der Waals surface area (Å²) in [4.78, 5) is 22.0. The topological polar surface area (TPSA) is 66.4 Å². The molecule has 1 aliphatic carbocycles. The molecule has 2 aromatic rings. The van der Waals surface area contributed by atoms with Gasteiger partial charge in [0.05, 0.1) is 0 Å². The summed E-state index contributed by atoms with van der Waals surface area (Å²) < 4.78 is 0. The molecule has 0 radical (unpaired) electrons. The summed E-state index contributed by atoms with van der Waals surface area (Å²) in [7, 11) is 0. The molecule has 0 spiro atoms. The van der Waals surface area contributed by atoms with Gasteiger partial charge in [0.2, 0.25) is 5.91 Å². The summed E-state index contributed by atoms with van der Waals surface area (Å²) >= 11 is 6.01. The second-order valence-electron chi connectivity index (χ2n) is 5.01. The minimum atomic E-state index is -1.16. The standard InChI is InChI=1S/C17H12ClNO3/c18-12-1-3-14-10(8-12)7-11-9-13(2-4-15(11)14)19-16(20)5-6-17(21)22/h1-6,8-9H,7H2,(H,19,20)(H,21,22)/b6-5-. The van der Waals surface area contributed by atoms with Gasteiger partial charge in [-0.05, 0) is 52.9 Å². The van der Waals surface area contributed by atoms with Crippen molar-refractivity contribution in [2.75, 3.05) is 5.32 Å². The average molecular weight is 314 g/mol. The second kappa shape index (κ2) is 5.66. The van der Waals surface area contributed by atoms with Crippen LogP contribution in [-0.4, -0.2) is 17.0 Å². The van der Waals surface area contributed by atoms with Crippen molar-refractivity contribution in [1.29, 1.82) is 0 Å². The Morgan fingerprint density at radius 1 is 1.05 bits per heavy atom. The van der Waals surface area contributed by atoms with Gasteiger partial charge in [0.15, 0.2) is 0 Å². The second-order valence-corrected chi connectivity index (χ2v) is 5.45. The maximum Gasteiger partial charge on any atom is 0.328 e. The van der Waals surface area contributed by atoms with Crippen LogP contribution in [0.1, 0.15) is 11.1 Å². The molecule has 0 heterocycles. The molecule has 0 aliphatic heterocycles. The summed E-state index contributed by atoms with van der Waals surface area (Å²) in [5.74, 6) is -1.63. The van der Waals surface area contributed by atoms with Crippen LogP contribution in [0.15, 0.2) is 48.6 Å². The van der Waals surface area contributed by atoms with E-state index in [0.717, 1.165) is 40.8 Å². The van der Waals surface area contributed by atoms with Crippen molar-refractivity contribution in [3.8, 4) is 11.1 Å². The number of anilines is 1. The Morgan fingerprint density at radius 2 is 1.73 bits per heavy atom. The van der Waals surface area contributed by atoms with E-state index in [-0.39, 0.29) is 0 Å². The predicted octanol–water partition coefficient (Wildman–Crippen LogP) is 3.49. The smallest absolute Gasteiger partial charge is 0.328 e. The zero-order chi connectivity index (χ0) is 15.7. The van der Waals surface area contributed by atoms with Crippen LogP contribution in [0, 0.1) is 0 Å². The lowest BCUT2D eigenvalue weighted by molar-refractivity contribution is -0.131. The van der Waals surface area contributed by atoms with E-state index in [9.17, 15) is 9.59 Å². The summed E-state index contributed by atoms with van der Waals surface area (Å²) in [5.41, 5.74) is 5.19. The molecule has 5 heteroatoms. The number of hydrogen-bond donors (Lipinski definition) is 2. The van der Waals surface area contributed by atoms with Crippen molar-refractivity contribution in [1.82, 2.24) is 0 Å². The molecule has 0 aromatic heterocycles. The lowest BCUT2D eigenvalue weighted by Gasteiger charge is -2.05. The zero-order valence-corrected chi connectivity index (χ0v) is 12.2. The number of rotatable bonds is 3. The lowest BCUT2D eigenvalue weighted by Crippen LogP contribution is -2.08. The van der Waals surface area contributed by atoms with Gasteiger partial charge >= 0.3 is 5.97 Å². The van der Waals surface area contributed by atoms with Gasteiger partial charge < -0.3 is 10.4 Å². The molecule has 0 bridgehead atoms. The van der Waals surface area contributed by atoms with Gasteiger partial charge in [0, 0.05) is 22.9 Å². The maximum atomic E-state index is 11.6. The van der Waals surface area contributed by atoms with E-state index in [1.165, 1.54) is 0 Å². The van der Waals surface area contributed by atoms with Crippen molar-refractivity contribution >= 4 is 29.2 Å². The minimum absolute atomic E-state index is 0.471. The molecule has 22 heavy (non-hydrogen) atoms. The quantitative estimate of drug-likeness (QED) is 0.727. The van der Waals surface area contributed by atoms with E-state index in [2.05, 4.69) is 5.32 Å². The van der Waals surface area contributed by atoms with Gasteiger partial charge in [-0.3, -0.25) is 4.79 Å². The highest BCUT2D eigenvalue weighted by Gasteiger charge is 2.18. The fourth-order valence-corrected chi connectivity index (χ4v) is 2.78. The summed E-state index contributed by atoms with van der Waals surface area (Å²) in [6.45, 7) is 0. The third-order valence-electron chi connectivity index (χ3n) is 3.49. The monoisotopic (exact) mass is 313 g/mol. The summed E-state index contributed by atoms with van der Waals surface area (Å²) in [6.07, 6.45) is 2.56. The van der Waals surface area contributed by atoms with Crippen molar-refractivity contribution in [3.05, 3.63) is 64.7 Å². The molecule has 0 fully saturated rings.